The highest BCUT2D eigenvalue weighted by molar-refractivity contribution is 5.99. The lowest BCUT2D eigenvalue weighted by atomic mass is 9.88. The maximum absolute atomic E-state index is 14.4. The molecule has 1 aromatic carbocycles. The molecular weight excluding hydrogens is 699 g/mol. The van der Waals surface area contributed by atoms with E-state index in [0.717, 1.165) is 12.8 Å². The molecule has 0 unspecified atom stereocenters. The van der Waals surface area contributed by atoms with Gasteiger partial charge in [-0.25, -0.2) is 9.18 Å². The van der Waals surface area contributed by atoms with E-state index in [1.165, 1.54) is 52.9 Å². The highest BCUT2D eigenvalue weighted by Gasteiger charge is 2.48. The van der Waals surface area contributed by atoms with Crippen molar-refractivity contribution >= 4 is 41.4 Å². The Balaban J connectivity index is 1.70. The molecule has 0 aliphatic carbocycles. The molecule has 3 N–H and O–H groups in total. The van der Waals surface area contributed by atoms with E-state index in [1.54, 1.807) is 26.0 Å². The van der Waals surface area contributed by atoms with Crippen molar-refractivity contribution in [1.29, 1.82) is 0 Å². The largest absolute Gasteiger partial charge is 0.461 e. The zero-order valence-electron chi connectivity index (χ0n) is 32.0. The SMILES string of the molecule is CCCC/C=C/C(=O)N[C@@H](Cc1cccc(F)c1)C(=O)N[C@H]1COC(=O)[C@@H]2CCCN2C(=O)[C@H](C)NC(=O)C(CC)(CC)N(C)C(=O)[C@@H]2CCCN2C1=O. The summed E-state index contributed by atoms with van der Waals surface area (Å²) in [6.07, 6.45) is 7.33. The molecule has 6 amide bonds. The van der Waals surface area contributed by atoms with Crippen LogP contribution in [0, 0.1) is 5.82 Å². The lowest BCUT2D eigenvalue weighted by molar-refractivity contribution is -0.159. The van der Waals surface area contributed by atoms with Crippen molar-refractivity contribution in [1.82, 2.24) is 30.7 Å². The molecule has 0 aromatic heterocycles. The Kier molecular flexibility index (Phi) is 14.7. The number of cyclic esters (lactones) is 1. The summed E-state index contributed by atoms with van der Waals surface area (Å²) in [4.78, 5) is 101. The number of unbranched alkanes of at least 4 members (excludes halogenated alkanes) is 2. The van der Waals surface area contributed by atoms with E-state index >= 15 is 0 Å². The predicted octanol–water partition coefficient (Wildman–Crippen LogP) is 2.14. The van der Waals surface area contributed by atoms with Crippen molar-refractivity contribution in [3.8, 4) is 0 Å². The maximum Gasteiger partial charge on any atom is 0.328 e. The van der Waals surface area contributed by atoms with E-state index in [0.29, 0.717) is 31.2 Å². The second-order valence-corrected chi connectivity index (χ2v) is 14.3. The number of benzene rings is 1. The second kappa shape index (κ2) is 19.0. The first kappa shape index (κ1) is 41.9. The highest BCUT2D eigenvalue weighted by Crippen LogP contribution is 2.29. The Morgan fingerprint density at radius 3 is 2.31 bits per heavy atom. The van der Waals surface area contributed by atoms with E-state index in [9.17, 15) is 38.0 Å². The van der Waals surface area contributed by atoms with Crippen LogP contribution < -0.4 is 16.0 Å². The van der Waals surface area contributed by atoms with Crippen LogP contribution in [0.25, 0.3) is 0 Å². The van der Waals surface area contributed by atoms with Crippen molar-refractivity contribution in [2.75, 3.05) is 26.7 Å². The number of hydrogen-bond acceptors (Lipinski definition) is 8. The van der Waals surface area contributed by atoms with Gasteiger partial charge in [-0.15, -0.1) is 0 Å². The zero-order chi connectivity index (χ0) is 39.6. The average molecular weight is 755 g/mol. The van der Waals surface area contributed by atoms with Crippen LogP contribution in [0.15, 0.2) is 36.4 Å². The number of allylic oxidation sites excluding steroid dienone is 1. The van der Waals surface area contributed by atoms with Gasteiger partial charge in [-0.05, 0) is 75.6 Å². The van der Waals surface area contributed by atoms with Crippen molar-refractivity contribution in [3.05, 3.63) is 47.8 Å². The minimum absolute atomic E-state index is 0.121. The normalized spacial score (nSPS) is 24.6. The van der Waals surface area contributed by atoms with Gasteiger partial charge >= 0.3 is 5.97 Å². The topological polar surface area (TPSA) is 175 Å². The number of nitrogens with one attached hydrogen (secondary N) is 3. The van der Waals surface area contributed by atoms with Crippen LogP contribution in [-0.4, -0.2) is 119 Å². The Hall–Kier alpha value is -4.82. The number of carbonyl (C=O) groups excluding carboxylic acids is 7. The van der Waals surface area contributed by atoms with Gasteiger partial charge in [0.05, 0.1) is 0 Å². The molecule has 4 rings (SSSR count). The van der Waals surface area contributed by atoms with Crippen LogP contribution in [-0.2, 0) is 44.7 Å². The van der Waals surface area contributed by atoms with Gasteiger partial charge in [0.15, 0.2) is 0 Å². The Bertz CT molecular complexity index is 1600. The van der Waals surface area contributed by atoms with E-state index < -0.39 is 89.6 Å². The molecule has 0 bridgehead atoms. The molecule has 14 nitrogen and oxygen atoms in total. The standard InChI is InChI=1S/C39H55FN6O8/c1-6-9-10-11-19-32(47)42-28(23-26-15-12-16-27(40)22-26)33(48)43-29-24-54-37(52)31-18-14-21-46(31)34(49)25(4)41-38(53)39(7-2,8-3)44(5)36(51)30-17-13-20-45(30)35(29)50/h11-12,15-16,19,22,25,28-31H,6-10,13-14,17-18,20-21,23-24H2,1-5H3,(H,41,53)(H,42,47)(H,43,48)/b19-11+/t25-,28-,29-,30-,31-/m0/s1. The fourth-order valence-corrected chi connectivity index (χ4v) is 7.59. The molecule has 3 fully saturated rings. The average Bonchev–Trinajstić information content (AvgIpc) is 3.85. The third-order valence-corrected chi connectivity index (χ3v) is 10.9. The molecule has 15 heteroatoms. The smallest absolute Gasteiger partial charge is 0.328 e. The van der Waals surface area contributed by atoms with Gasteiger partial charge in [0, 0.05) is 26.6 Å². The minimum atomic E-state index is -1.49. The first-order valence-corrected chi connectivity index (χ1v) is 19.2. The number of amides is 6. The first-order valence-electron chi connectivity index (χ1n) is 19.2. The molecular formula is C39H55FN6O8. The van der Waals surface area contributed by atoms with Gasteiger partial charge in [-0.1, -0.05) is 51.8 Å². The van der Waals surface area contributed by atoms with Crippen LogP contribution in [0.3, 0.4) is 0 Å². The van der Waals surface area contributed by atoms with Crippen LogP contribution in [0.2, 0.25) is 0 Å². The van der Waals surface area contributed by atoms with Gasteiger partial charge in [0.1, 0.15) is 48.2 Å². The number of likely N-dealkylation sites (N-methyl/N-ethyl adjacent to an activating group) is 1. The Labute approximate surface area is 316 Å². The fraction of sp³-hybridized carbons (Fsp3) is 0.615. The monoisotopic (exact) mass is 754 g/mol. The van der Waals surface area contributed by atoms with Crippen molar-refractivity contribution in [2.24, 2.45) is 0 Å². The van der Waals surface area contributed by atoms with E-state index in [1.807, 2.05) is 6.92 Å². The third-order valence-electron chi connectivity index (χ3n) is 10.9. The summed E-state index contributed by atoms with van der Waals surface area (Å²) in [5.74, 6) is -4.88. The second-order valence-electron chi connectivity index (χ2n) is 14.3. The summed E-state index contributed by atoms with van der Waals surface area (Å²) >= 11 is 0. The zero-order valence-corrected chi connectivity index (χ0v) is 32.0. The van der Waals surface area contributed by atoms with Crippen molar-refractivity contribution in [3.63, 3.8) is 0 Å². The molecule has 296 valence electrons. The van der Waals surface area contributed by atoms with Crippen molar-refractivity contribution < 1.29 is 42.7 Å². The van der Waals surface area contributed by atoms with Gasteiger partial charge < -0.3 is 35.4 Å². The molecule has 3 aliphatic heterocycles. The first-order chi connectivity index (χ1) is 25.8. The van der Waals surface area contributed by atoms with Gasteiger partial charge in [-0.2, -0.15) is 0 Å². The molecule has 3 heterocycles. The number of nitrogens with zero attached hydrogens (tertiary/aromatic N) is 3. The molecule has 3 aliphatic rings. The van der Waals surface area contributed by atoms with Crippen molar-refractivity contribution in [2.45, 2.75) is 128 Å². The summed E-state index contributed by atoms with van der Waals surface area (Å²) in [6.45, 7) is 6.88. The lowest BCUT2D eigenvalue weighted by Crippen LogP contribution is -2.65. The summed E-state index contributed by atoms with van der Waals surface area (Å²) < 4.78 is 19.8. The molecule has 3 saturated heterocycles. The van der Waals surface area contributed by atoms with Gasteiger partial charge in [0.2, 0.25) is 35.4 Å². The number of fused-ring (bicyclic) bond motifs is 2. The Morgan fingerprint density at radius 2 is 1.67 bits per heavy atom. The summed E-state index contributed by atoms with van der Waals surface area (Å²) in [7, 11) is 1.51. The van der Waals surface area contributed by atoms with Gasteiger partial charge in [0.25, 0.3) is 0 Å². The molecule has 5 atom stereocenters. The molecule has 0 saturated carbocycles. The number of ether oxygens (including phenoxy) is 1. The van der Waals surface area contributed by atoms with Crippen LogP contribution in [0.1, 0.15) is 91.0 Å². The van der Waals surface area contributed by atoms with Crippen LogP contribution in [0.5, 0.6) is 0 Å². The molecule has 0 radical (unpaired) electrons. The molecule has 0 spiro atoms. The summed E-state index contributed by atoms with van der Waals surface area (Å²) in [5, 5.41) is 8.10. The Morgan fingerprint density at radius 1 is 1.00 bits per heavy atom. The summed E-state index contributed by atoms with van der Waals surface area (Å²) in [5.41, 5.74) is -0.932. The van der Waals surface area contributed by atoms with Gasteiger partial charge in [-0.3, -0.25) is 28.8 Å². The minimum Gasteiger partial charge on any atom is -0.461 e. The quantitative estimate of drug-likeness (QED) is 0.175. The molecule has 54 heavy (non-hydrogen) atoms. The number of rotatable bonds is 11. The van der Waals surface area contributed by atoms with E-state index in [4.69, 9.17) is 4.74 Å². The van der Waals surface area contributed by atoms with Crippen LogP contribution in [0.4, 0.5) is 4.39 Å². The van der Waals surface area contributed by atoms with Crippen LogP contribution >= 0.6 is 0 Å². The predicted molar refractivity (Wildman–Crippen MR) is 197 cm³/mol. The number of carbonyl (C=O) groups is 7. The van der Waals surface area contributed by atoms with E-state index in [-0.39, 0.29) is 38.8 Å². The highest BCUT2D eigenvalue weighted by atomic mass is 19.1. The number of halogens is 1. The summed E-state index contributed by atoms with van der Waals surface area (Å²) in [6, 6.07) is -0.171. The molecule has 1 aromatic rings. The third kappa shape index (κ3) is 9.64. The lowest BCUT2D eigenvalue weighted by Gasteiger charge is -2.42. The van der Waals surface area contributed by atoms with E-state index in [2.05, 4.69) is 16.0 Å². The fourth-order valence-electron chi connectivity index (χ4n) is 7.59. The maximum atomic E-state index is 14.4. The number of hydrogen-bond donors (Lipinski definition) is 3. The number of esters is 1.